The van der Waals surface area contributed by atoms with Crippen molar-refractivity contribution in [3.8, 4) is 5.75 Å². The molecule has 0 heterocycles. The van der Waals surface area contributed by atoms with Crippen LogP contribution in [0.2, 0.25) is 0 Å². The summed E-state index contributed by atoms with van der Waals surface area (Å²) in [7, 11) is 1.58. The summed E-state index contributed by atoms with van der Waals surface area (Å²) in [4.78, 5) is 25.2. The van der Waals surface area contributed by atoms with Crippen molar-refractivity contribution in [2.75, 3.05) is 25.9 Å². The molecule has 0 saturated heterocycles. The number of hydrogen-bond donors (Lipinski definition) is 2. The number of anilines is 1. The van der Waals surface area contributed by atoms with Crippen LogP contribution in [0.1, 0.15) is 31.1 Å². The molecule has 0 radical (unpaired) electrons. The average Bonchev–Trinajstić information content (AvgIpc) is 2.39. The van der Waals surface area contributed by atoms with E-state index in [9.17, 15) is 9.59 Å². The van der Waals surface area contributed by atoms with Crippen LogP contribution in [0.3, 0.4) is 0 Å². The summed E-state index contributed by atoms with van der Waals surface area (Å²) in [5, 5.41) is 2.74. The van der Waals surface area contributed by atoms with Crippen LogP contribution in [-0.2, 0) is 4.79 Å². The Morgan fingerprint density at radius 1 is 1.38 bits per heavy atom. The summed E-state index contributed by atoms with van der Waals surface area (Å²) in [5.74, 6) is 0.0951. The van der Waals surface area contributed by atoms with Crippen LogP contribution in [0.5, 0.6) is 5.75 Å². The van der Waals surface area contributed by atoms with Gasteiger partial charge in [-0.05, 0) is 39.0 Å². The van der Waals surface area contributed by atoms with Gasteiger partial charge in [-0.1, -0.05) is 0 Å². The number of likely N-dealkylation sites (N-methyl/N-ethyl adjacent to an activating group) is 1. The summed E-state index contributed by atoms with van der Waals surface area (Å²) in [6.45, 7) is 6.11. The molecular weight excluding hydrogens is 270 g/mol. The predicted molar refractivity (Wildman–Crippen MR) is 82.3 cm³/mol. The molecule has 116 valence electrons. The molecule has 0 bridgehead atoms. The molecule has 0 spiro atoms. The molecule has 0 aliphatic carbocycles. The first-order valence-corrected chi connectivity index (χ1v) is 6.92. The van der Waals surface area contributed by atoms with E-state index in [0.717, 1.165) is 0 Å². The van der Waals surface area contributed by atoms with Gasteiger partial charge in [-0.3, -0.25) is 9.59 Å². The Hall–Kier alpha value is -2.24. The summed E-state index contributed by atoms with van der Waals surface area (Å²) >= 11 is 0. The van der Waals surface area contributed by atoms with Crippen molar-refractivity contribution in [3.63, 3.8) is 0 Å². The van der Waals surface area contributed by atoms with Crippen LogP contribution in [-0.4, -0.2) is 43.0 Å². The van der Waals surface area contributed by atoms with Crippen molar-refractivity contribution < 1.29 is 14.3 Å². The number of ether oxygens (including phenoxy) is 1. The van der Waals surface area contributed by atoms with Crippen molar-refractivity contribution in [3.05, 3.63) is 23.8 Å². The number of nitrogens with zero attached hydrogens (tertiary/aromatic N) is 1. The van der Waals surface area contributed by atoms with Crippen LogP contribution in [0.4, 0.5) is 5.69 Å². The van der Waals surface area contributed by atoms with Gasteiger partial charge in [0.05, 0.1) is 18.8 Å². The maximum Gasteiger partial charge on any atom is 0.254 e. The van der Waals surface area contributed by atoms with Gasteiger partial charge < -0.3 is 20.7 Å². The SMILES string of the molecule is CCOc1ccc(C(=O)N(C)CC(=O)NC(C)C)cc1N. The summed E-state index contributed by atoms with van der Waals surface area (Å²) in [6.07, 6.45) is 0. The number of carbonyl (C=O) groups excluding carboxylic acids is 2. The van der Waals surface area contributed by atoms with E-state index in [1.54, 1.807) is 25.2 Å². The molecule has 1 aromatic rings. The largest absolute Gasteiger partial charge is 0.492 e. The van der Waals surface area contributed by atoms with Crippen LogP contribution in [0.25, 0.3) is 0 Å². The number of hydrogen-bond acceptors (Lipinski definition) is 4. The van der Waals surface area contributed by atoms with Crippen LogP contribution in [0, 0.1) is 0 Å². The van der Waals surface area contributed by atoms with Gasteiger partial charge in [-0.15, -0.1) is 0 Å². The molecule has 21 heavy (non-hydrogen) atoms. The molecular formula is C15H23N3O3. The van der Waals surface area contributed by atoms with Crippen LogP contribution in [0.15, 0.2) is 18.2 Å². The minimum atomic E-state index is -0.261. The lowest BCUT2D eigenvalue weighted by atomic mass is 10.1. The highest BCUT2D eigenvalue weighted by atomic mass is 16.5. The highest BCUT2D eigenvalue weighted by Crippen LogP contribution is 2.23. The molecule has 6 nitrogen and oxygen atoms in total. The van der Waals surface area contributed by atoms with E-state index in [4.69, 9.17) is 10.5 Å². The molecule has 2 amide bonds. The predicted octanol–water partition coefficient (Wildman–Crippen LogP) is 1.26. The fraction of sp³-hybridized carbons (Fsp3) is 0.467. The first-order valence-electron chi connectivity index (χ1n) is 6.92. The van der Waals surface area contributed by atoms with Crippen molar-refractivity contribution in [2.45, 2.75) is 26.8 Å². The maximum absolute atomic E-state index is 12.2. The second-order valence-corrected chi connectivity index (χ2v) is 5.07. The number of benzene rings is 1. The zero-order chi connectivity index (χ0) is 16.0. The van der Waals surface area contributed by atoms with Gasteiger partial charge in [0.1, 0.15) is 5.75 Å². The Labute approximate surface area is 125 Å². The number of nitrogen functional groups attached to an aromatic ring is 1. The van der Waals surface area contributed by atoms with Gasteiger partial charge >= 0.3 is 0 Å². The van der Waals surface area contributed by atoms with Gasteiger partial charge in [0.15, 0.2) is 0 Å². The quantitative estimate of drug-likeness (QED) is 0.773. The smallest absolute Gasteiger partial charge is 0.254 e. The summed E-state index contributed by atoms with van der Waals surface area (Å²) < 4.78 is 5.33. The second-order valence-electron chi connectivity index (χ2n) is 5.07. The van der Waals surface area contributed by atoms with Crippen LogP contribution < -0.4 is 15.8 Å². The highest BCUT2D eigenvalue weighted by Gasteiger charge is 2.16. The van der Waals surface area contributed by atoms with E-state index >= 15 is 0 Å². The number of carbonyl (C=O) groups is 2. The van der Waals surface area contributed by atoms with Gasteiger partial charge in [-0.25, -0.2) is 0 Å². The number of amides is 2. The van der Waals surface area contributed by atoms with Gasteiger partial charge in [-0.2, -0.15) is 0 Å². The van der Waals surface area contributed by atoms with Gasteiger partial charge in [0, 0.05) is 18.7 Å². The van der Waals surface area contributed by atoms with E-state index in [2.05, 4.69) is 5.32 Å². The Kier molecular flexibility index (Phi) is 6.02. The topological polar surface area (TPSA) is 84.7 Å². The molecule has 1 aromatic carbocycles. The van der Waals surface area contributed by atoms with Gasteiger partial charge in [0.2, 0.25) is 5.91 Å². The molecule has 0 aromatic heterocycles. The molecule has 0 fully saturated rings. The summed E-state index contributed by atoms with van der Waals surface area (Å²) in [5.41, 5.74) is 6.67. The number of nitrogens with one attached hydrogen (secondary N) is 1. The lowest BCUT2D eigenvalue weighted by Crippen LogP contribution is -2.40. The maximum atomic E-state index is 12.2. The molecule has 0 unspecified atom stereocenters. The lowest BCUT2D eigenvalue weighted by Gasteiger charge is -2.18. The Balaban J connectivity index is 2.74. The summed E-state index contributed by atoms with van der Waals surface area (Å²) in [6, 6.07) is 4.90. The van der Waals surface area contributed by atoms with E-state index in [-0.39, 0.29) is 24.4 Å². The minimum Gasteiger partial charge on any atom is -0.492 e. The van der Waals surface area contributed by atoms with E-state index in [1.165, 1.54) is 4.90 Å². The molecule has 0 aliphatic heterocycles. The first kappa shape index (κ1) is 16.8. The van der Waals surface area contributed by atoms with E-state index in [0.29, 0.717) is 23.6 Å². The first-order chi connectivity index (χ1) is 9.85. The third-order valence-corrected chi connectivity index (χ3v) is 2.73. The number of nitrogens with two attached hydrogens (primary N) is 1. The third kappa shape index (κ3) is 4.98. The Morgan fingerprint density at radius 3 is 2.57 bits per heavy atom. The Morgan fingerprint density at radius 2 is 2.05 bits per heavy atom. The van der Waals surface area contributed by atoms with Crippen molar-refractivity contribution in [1.82, 2.24) is 10.2 Å². The normalized spacial score (nSPS) is 10.3. The van der Waals surface area contributed by atoms with Crippen molar-refractivity contribution in [1.29, 1.82) is 0 Å². The fourth-order valence-electron chi connectivity index (χ4n) is 1.84. The van der Waals surface area contributed by atoms with E-state index < -0.39 is 0 Å². The molecule has 3 N–H and O–H groups in total. The molecule has 0 saturated carbocycles. The minimum absolute atomic E-state index is 0.00410. The van der Waals surface area contributed by atoms with Crippen molar-refractivity contribution in [2.24, 2.45) is 0 Å². The number of rotatable bonds is 6. The van der Waals surface area contributed by atoms with Crippen molar-refractivity contribution >= 4 is 17.5 Å². The highest BCUT2D eigenvalue weighted by molar-refractivity contribution is 5.97. The Bertz CT molecular complexity index is 515. The van der Waals surface area contributed by atoms with E-state index in [1.807, 2.05) is 20.8 Å². The van der Waals surface area contributed by atoms with Crippen LogP contribution >= 0.6 is 0 Å². The lowest BCUT2D eigenvalue weighted by molar-refractivity contribution is -0.122. The molecule has 1 rings (SSSR count). The van der Waals surface area contributed by atoms with Gasteiger partial charge in [0.25, 0.3) is 5.91 Å². The monoisotopic (exact) mass is 293 g/mol. The second kappa shape index (κ2) is 7.52. The average molecular weight is 293 g/mol. The third-order valence-electron chi connectivity index (χ3n) is 2.73. The fourth-order valence-corrected chi connectivity index (χ4v) is 1.84. The molecule has 0 aliphatic rings. The molecule has 0 atom stereocenters. The zero-order valence-electron chi connectivity index (χ0n) is 13.0. The molecule has 6 heteroatoms. The standard InChI is InChI=1S/C15H23N3O3/c1-5-21-13-7-6-11(8-12(13)16)15(20)18(4)9-14(19)17-10(2)3/h6-8,10H,5,9,16H2,1-4H3,(H,17,19). The zero-order valence-corrected chi connectivity index (χ0v) is 13.0.